The van der Waals surface area contributed by atoms with Gasteiger partial charge in [-0.1, -0.05) is 60.2 Å². The first-order valence-corrected chi connectivity index (χ1v) is 9.43. The lowest BCUT2D eigenvalue weighted by Crippen LogP contribution is -2.41. The van der Waals surface area contributed by atoms with Crippen molar-refractivity contribution in [3.05, 3.63) is 71.3 Å². The van der Waals surface area contributed by atoms with Crippen LogP contribution in [-0.4, -0.2) is 26.2 Å². The Morgan fingerprint density at radius 2 is 1.93 bits per heavy atom. The van der Waals surface area contributed by atoms with Gasteiger partial charge in [-0.25, -0.2) is 0 Å². The fourth-order valence-corrected chi connectivity index (χ4v) is 3.52. The topological polar surface area (TPSA) is 45.7 Å². The summed E-state index contributed by atoms with van der Waals surface area (Å²) in [6, 6.07) is 19.1. The molecule has 0 bridgehead atoms. The second-order valence-corrected chi connectivity index (χ2v) is 6.90. The molecule has 2 aromatic carbocycles. The van der Waals surface area contributed by atoms with Crippen LogP contribution >= 0.6 is 24.0 Å². The highest BCUT2D eigenvalue weighted by molar-refractivity contribution is 14.0. The number of rotatable bonds is 5. The van der Waals surface area contributed by atoms with E-state index in [1.54, 1.807) is 0 Å². The molecule has 3 rings (SSSR count). The second kappa shape index (κ2) is 11.3. The Morgan fingerprint density at radius 1 is 1.11 bits per heavy atom. The zero-order valence-corrected chi connectivity index (χ0v) is 18.5. The summed E-state index contributed by atoms with van der Waals surface area (Å²) in [6.45, 7) is 4.58. The van der Waals surface area contributed by atoms with Gasteiger partial charge in [0, 0.05) is 32.7 Å². The molecule has 0 amide bonds. The van der Waals surface area contributed by atoms with Gasteiger partial charge < -0.3 is 15.4 Å². The van der Waals surface area contributed by atoms with Gasteiger partial charge in [-0.05, 0) is 30.9 Å². The number of aliphatic imine (C=N–C) groups is 1. The van der Waals surface area contributed by atoms with Crippen molar-refractivity contribution in [1.82, 2.24) is 10.6 Å². The molecule has 0 aromatic heterocycles. The first-order valence-electron chi connectivity index (χ1n) is 9.43. The highest BCUT2D eigenvalue weighted by atomic mass is 127. The lowest BCUT2D eigenvalue weighted by molar-refractivity contribution is -0.0265. The maximum absolute atomic E-state index is 6.08. The van der Waals surface area contributed by atoms with Crippen LogP contribution in [-0.2, 0) is 11.3 Å². The Balaban J connectivity index is 0.00000261. The Bertz CT molecular complexity index is 721. The first kappa shape index (κ1) is 21.7. The van der Waals surface area contributed by atoms with Crippen LogP contribution in [0.25, 0.3) is 0 Å². The number of benzene rings is 2. The van der Waals surface area contributed by atoms with Crippen LogP contribution < -0.4 is 10.6 Å². The summed E-state index contributed by atoms with van der Waals surface area (Å²) in [5, 5.41) is 6.89. The third kappa shape index (κ3) is 6.50. The van der Waals surface area contributed by atoms with Gasteiger partial charge in [-0.15, -0.1) is 24.0 Å². The maximum Gasteiger partial charge on any atom is 0.191 e. The maximum atomic E-state index is 6.08. The molecular weight excluding hydrogens is 449 g/mol. The Kier molecular flexibility index (Phi) is 9.07. The van der Waals surface area contributed by atoms with Gasteiger partial charge in [0.2, 0.25) is 0 Å². The minimum absolute atomic E-state index is 0. The van der Waals surface area contributed by atoms with Gasteiger partial charge in [0.25, 0.3) is 0 Å². The van der Waals surface area contributed by atoms with Crippen LogP contribution in [0.1, 0.15) is 35.6 Å². The molecule has 1 saturated heterocycles. The molecule has 1 aliphatic heterocycles. The Hall–Kier alpha value is -1.60. The van der Waals surface area contributed by atoms with E-state index in [0.717, 1.165) is 32.1 Å². The number of halogens is 1. The summed E-state index contributed by atoms with van der Waals surface area (Å²) in [5.41, 5.74) is 3.80. The molecule has 27 heavy (non-hydrogen) atoms. The minimum atomic E-state index is 0. The van der Waals surface area contributed by atoms with Crippen molar-refractivity contribution in [2.24, 2.45) is 10.9 Å². The molecule has 1 heterocycles. The zero-order chi connectivity index (χ0) is 18.2. The smallest absolute Gasteiger partial charge is 0.191 e. The molecule has 2 atom stereocenters. The van der Waals surface area contributed by atoms with E-state index in [1.165, 1.54) is 23.1 Å². The monoisotopic (exact) mass is 479 g/mol. The molecule has 0 aliphatic carbocycles. The van der Waals surface area contributed by atoms with Crippen molar-refractivity contribution in [2.45, 2.75) is 32.4 Å². The summed E-state index contributed by atoms with van der Waals surface area (Å²) < 4.78 is 6.08. The van der Waals surface area contributed by atoms with Gasteiger partial charge in [0.05, 0.1) is 6.10 Å². The third-order valence-corrected chi connectivity index (χ3v) is 4.87. The average Bonchev–Trinajstić information content (AvgIpc) is 2.69. The largest absolute Gasteiger partial charge is 0.373 e. The Morgan fingerprint density at radius 3 is 2.67 bits per heavy atom. The molecule has 1 fully saturated rings. The number of hydrogen-bond donors (Lipinski definition) is 2. The zero-order valence-electron chi connectivity index (χ0n) is 16.2. The van der Waals surface area contributed by atoms with E-state index in [4.69, 9.17) is 4.74 Å². The molecule has 4 nitrogen and oxygen atoms in total. The van der Waals surface area contributed by atoms with Crippen LogP contribution in [0.2, 0.25) is 0 Å². The second-order valence-electron chi connectivity index (χ2n) is 6.90. The summed E-state index contributed by atoms with van der Waals surface area (Å²) in [6.07, 6.45) is 2.44. The van der Waals surface area contributed by atoms with Gasteiger partial charge in [0.1, 0.15) is 0 Å². The van der Waals surface area contributed by atoms with E-state index in [2.05, 4.69) is 77.1 Å². The highest BCUT2D eigenvalue weighted by Gasteiger charge is 2.27. The molecule has 5 heteroatoms. The van der Waals surface area contributed by atoms with E-state index < -0.39 is 0 Å². The summed E-state index contributed by atoms with van der Waals surface area (Å²) in [4.78, 5) is 4.36. The van der Waals surface area contributed by atoms with E-state index >= 15 is 0 Å². The summed E-state index contributed by atoms with van der Waals surface area (Å²) >= 11 is 0. The molecule has 0 spiro atoms. The first-order chi connectivity index (χ1) is 12.8. The molecule has 2 aromatic rings. The van der Waals surface area contributed by atoms with Gasteiger partial charge in [-0.2, -0.15) is 0 Å². The minimum Gasteiger partial charge on any atom is -0.373 e. The summed E-state index contributed by atoms with van der Waals surface area (Å²) in [7, 11) is 1.82. The fraction of sp³-hybridized carbons (Fsp3) is 0.409. The van der Waals surface area contributed by atoms with E-state index in [9.17, 15) is 0 Å². The van der Waals surface area contributed by atoms with Crippen LogP contribution in [0.4, 0.5) is 0 Å². The number of nitrogens with one attached hydrogen (secondary N) is 2. The van der Waals surface area contributed by atoms with Gasteiger partial charge >= 0.3 is 0 Å². The SMILES string of the molecule is CN=C(NCc1cccc(C)c1)NCC1CCCOC1c1ccccc1.I. The average molecular weight is 479 g/mol. The highest BCUT2D eigenvalue weighted by Crippen LogP contribution is 2.32. The van der Waals surface area contributed by atoms with Crippen molar-refractivity contribution >= 4 is 29.9 Å². The predicted octanol–water partition coefficient (Wildman–Crippen LogP) is 4.45. The molecule has 2 N–H and O–H groups in total. The van der Waals surface area contributed by atoms with Crippen LogP contribution in [0.3, 0.4) is 0 Å². The van der Waals surface area contributed by atoms with E-state index in [-0.39, 0.29) is 30.1 Å². The number of guanidine groups is 1. The number of hydrogen-bond acceptors (Lipinski definition) is 2. The molecule has 2 unspecified atom stereocenters. The molecule has 0 radical (unpaired) electrons. The lowest BCUT2D eigenvalue weighted by Gasteiger charge is -2.32. The quantitative estimate of drug-likeness (QED) is 0.379. The number of nitrogens with zero attached hydrogens (tertiary/aromatic N) is 1. The fourth-order valence-electron chi connectivity index (χ4n) is 3.52. The third-order valence-electron chi connectivity index (χ3n) is 4.87. The van der Waals surface area contributed by atoms with Gasteiger partial charge in [-0.3, -0.25) is 4.99 Å². The van der Waals surface area contributed by atoms with Crippen LogP contribution in [0.5, 0.6) is 0 Å². The number of ether oxygens (including phenoxy) is 1. The van der Waals surface area contributed by atoms with Crippen LogP contribution in [0, 0.1) is 12.8 Å². The van der Waals surface area contributed by atoms with E-state index in [0.29, 0.717) is 5.92 Å². The molecular formula is C22H30IN3O. The predicted molar refractivity (Wildman–Crippen MR) is 123 cm³/mol. The van der Waals surface area contributed by atoms with Crippen molar-refractivity contribution < 1.29 is 4.74 Å². The molecule has 146 valence electrons. The van der Waals surface area contributed by atoms with Gasteiger partial charge in [0.15, 0.2) is 5.96 Å². The van der Waals surface area contributed by atoms with Crippen LogP contribution in [0.15, 0.2) is 59.6 Å². The van der Waals surface area contributed by atoms with Crippen molar-refractivity contribution in [2.75, 3.05) is 20.2 Å². The standard InChI is InChI=1S/C22H29N3O.HI/c1-17-8-6-9-18(14-17)15-24-22(23-2)25-16-20-12-7-13-26-21(20)19-10-4-3-5-11-19;/h3-6,8-11,14,20-21H,7,12-13,15-16H2,1-2H3,(H2,23,24,25);1H. The lowest BCUT2D eigenvalue weighted by atomic mass is 9.89. The van der Waals surface area contributed by atoms with Crippen molar-refractivity contribution in [3.8, 4) is 0 Å². The number of aryl methyl sites for hydroxylation is 1. The Labute approximate surface area is 179 Å². The molecule has 0 saturated carbocycles. The normalized spacial score (nSPS) is 19.9. The summed E-state index contributed by atoms with van der Waals surface area (Å²) in [5.74, 6) is 1.28. The molecule has 1 aliphatic rings. The van der Waals surface area contributed by atoms with Crippen molar-refractivity contribution in [1.29, 1.82) is 0 Å². The van der Waals surface area contributed by atoms with E-state index in [1.807, 2.05) is 7.05 Å². The van der Waals surface area contributed by atoms with Crippen molar-refractivity contribution in [3.63, 3.8) is 0 Å².